The summed E-state index contributed by atoms with van der Waals surface area (Å²) in [5.74, 6) is 0. The van der Waals surface area contributed by atoms with Crippen LogP contribution in [0.5, 0.6) is 0 Å². The fraction of sp³-hybridized carbons (Fsp3) is 0.353. The van der Waals surface area contributed by atoms with Crippen molar-refractivity contribution in [2.24, 2.45) is 5.73 Å². The monoisotopic (exact) mass is 364 g/mol. The van der Waals surface area contributed by atoms with Crippen LogP contribution in [-0.2, 0) is 6.42 Å². The molecule has 112 valence electrons. The first-order valence-corrected chi connectivity index (χ1v) is 8.76. The average molecular weight is 365 g/mol. The topological polar surface area (TPSA) is 38.9 Å². The number of nitrogens with zero attached hydrogens (tertiary/aromatic N) is 1. The van der Waals surface area contributed by atoms with Crippen LogP contribution in [0.3, 0.4) is 0 Å². The number of rotatable bonds is 5. The number of aryl methyl sites for hydroxylation is 2. The van der Waals surface area contributed by atoms with Crippen molar-refractivity contribution in [1.29, 1.82) is 0 Å². The molecule has 0 radical (unpaired) electrons. The number of halogens is 1. The van der Waals surface area contributed by atoms with Crippen LogP contribution in [0.1, 0.15) is 30.2 Å². The number of hydrogen-bond donors (Lipinski definition) is 1. The van der Waals surface area contributed by atoms with E-state index in [1.807, 2.05) is 6.92 Å². The van der Waals surface area contributed by atoms with E-state index in [0.717, 1.165) is 28.0 Å². The van der Waals surface area contributed by atoms with Crippen LogP contribution in [0.15, 0.2) is 44.7 Å². The van der Waals surface area contributed by atoms with E-state index in [9.17, 15) is 0 Å². The Morgan fingerprint density at radius 1 is 1.24 bits per heavy atom. The van der Waals surface area contributed by atoms with Gasteiger partial charge in [-0.3, -0.25) is 0 Å². The van der Waals surface area contributed by atoms with Gasteiger partial charge in [0.15, 0.2) is 0 Å². The third kappa shape index (κ3) is 4.83. The zero-order valence-electron chi connectivity index (χ0n) is 12.7. The highest BCUT2D eigenvalue weighted by atomic mass is 79.9. The number of aromatic nitrogens is 1. The molecule has 4 heteroatoms. The second kappa shape index (κ2) is 7.43. The van der Waals surface area contributed by atoms with Crippen molar-refractivity contribution in [3.05, 3.63) is 51.6 Å². The van der Waals surface area contributed by atoms with E-state index >= 15 is 0 Å². The Balaban J connectivity index is 2.31. The highest BCUT2D eigenvalue weighted by Gasteiger charge is 2.10. The van der Waals surface area contributed by atoms with E-state index < -0.39 is 0 Å². The third-order valence-electron chi connectivity index (χ3n) is 3.32. The van der Waals surface area contributed by atoms with Gasteiger partial charge in [0.05, 0.1) is 0 Å². The maximum absolute atomic E-state index is 6.12. The van der Waals surface area contributed by atoms with E-state index in [0.29, 0.717) is 0 Å². The molecule has 0 saturated carbocycles. The van der Waals surface area contributed by atoms with Crippen LogP contribution in [0.2, 0.25) is 0 Å². The van der Waals surface area contributed by atoms with E-state index in [4.69, 9.17) is 5.73 Å². The van der Waals surface area contributed by atoms with Gasteiger partial charge >= 0.3 is 0 Å². The zero-order chi connectivity index (χ0) is 15.4. The maximum atomic E-state index is 6.12. The molecular formula is C17H21BrN2S. The van der Waals surface area contributed by atoms with Gasteiger partial charge in [0.25, 0.3) is 0 Å². The smallest absolute Gasteiger partial charge is 0.101 e. The minimum Gasteiger partial charge on any atom is -0.327 e. The second-order valence-electron chi connectivity index (χ2n) is 5.35. The quantitative estimate of drug-likeness (QED) is 0.820. The lowest BCUT2D eigenvalue weighted by atomic mass is 10.1. The first-order valence-electron chi connectivity index (χ1n) is 7.15. The first kappa shape index (κ1) is 16.5. The summed E-state index contributed by atoms with van der Waals surface area (Å²) in [7, 11) is 0. The predicted molar refractivity (Wildman–Crippen MR) is 93.9 cm³/mol. The summed E-state index contributed by atoms with van der Waals surface area (Å²) in [6.45, 7) is 6.27. The molecule has 2 nitrogen and oxygen atoms in total. The van der Waals surface area contributed by atoms with Gasteiger partial charge in [0.2, 0.25) is 0 Å². The van der Waals surface area contributed by atoms with Crippen molar-refractivity contribution in [2.75, 3.05) is 0 Å². The third-order valence-corrected chi connectivity index (χ3v) is 4.84. The fourth-order valence-corrected chi connectivity index (χ4v) is 3.83. The van der Waals surface area contributed by atoms with Gasteiger partial charge in [-0.1, -0.05) is 40.7 Å². The summed E-state index contributed by atoms with van der Waals surface area (Å²) >= 11 is 5.27. The molecule has 0 amide bonds. The van der Waals surface area contributed by atoms with E-state index in [2.05, 4.69) is 65.1 Å². The van der Waals surface area contributed by atoms with Crippen LogP contribution in [0.4, 0.5) is 0 Å². The molecule has 2 N–H and O–H groups in total. The van der Waals surface area contributed by atoms with Crippen LogP contribution in [-0.4, -0.2) is 11.0 Å². The lowest BCUT2D eigenvalue weighted by molar-refractivity contribution is 0.641. The van der Waals surface area contributed by atoms with Gasteiger partial charge in [0, 0.05) is 21.1 Å². The van der Waals surface area contributed by atoms with Crippen molar-refractivity contribution in [1.82, 2.24) is 4.98 Å². The van der Waals surface area contributed by atoms with Gasteiger partial charge in [-0.2, -0.15) is 0 Å². The molecule has 21 heavy (non-hydrogen) atoms. The average Bonchev–Trinajstić information content (AvgIpc) is 2.40. The van der Waals surface area contributed by atoms with Crippen molar-refractivity contribution in [2.45, 2.75) is 49.6 Å². The molecule has 1 aromatic heterocycles. The molecule has 1 heterocycles. The molecule has 0 bridgehead atoms. The Morgan fingerprint density at radius 3 is 2.67 bits per heavy atom. The number of nitrogens with two attached hydrogens (primary N) is 1. The van der Waals surface area contributed by atoms with Crippen molar-refractivity contribution < 1.29 is 0 Å². The van der Waals surface area contributed by atoms with Gasteiger partial charge in [-0.05, 0) is 62.1 Å². The molecule has 1 unspecified atom stereocenters. The van der Waals surface area contributed by atoms with Crippen molar-refractivity contribution in [3.8, 4) is 0 Å². The molecule has 0 saturated heterocycles. The van der Waals surface area contributed by atoms with Crippen LogP contribution < -0.4 is 5.73 Å². The van der Waals surface area contributed by atoms with Crippen molar-refractivity contribution >= 4 is 27.7 Å². The summed E-state index contributed by atoms with van der Waals surface area (Å²) in [6.07, 6.45) is 1.89. The minimum absolute atomic E-state index is 0.206. The molecular weight excluding hydrogens is 344 g/mol. The molecule has 0 fully saturated rings. The normalized spacial score (nSPS) is 12.4. The summed E-state index contributed by atoms with van der Waals surface area (Å²) in [6, 6.07) is 10.8. The maximum Gasteiger partial charge on any atom is 0.101 e. The van der Waals surface area contributed by atoms with Crippen LogP contribution in [0, 0.1) is 13.8 Å². The Morgan fingerprint density at radius 2 is 2.00 bits per heavy atom. The Kier molecular flexibility index (Phi) is 5.85. The van der Waals surface area contributed by atoms with Crippen molar-refractivity contribution in [3.63, 3.8) is 0 Å². The highest BCUT2D eigenvalue weighted by Crippen LogP contribution is 2.32. The molecule has 1 aromatic carbocycles. The summed E-state index contributed by atoms with van der Waals surface area (Å²) in [5.41, 5.74) is 9.70. The Labute approximate surface area is 139 Å². The van der Waals surface area contributed by atoms with E-state index in [1.165, 1.54) is 16.0 Å². The fourth-order valence-electron chi connectivity index (χ4n) is 2.19. The first-order chi connectivity index (χ1) is 9.97. The number of benzene rings is 1. The Bertz CT molecular complexity index is 608. The molecule has 2 aromatic rings. The largest absolute Gasteiger partial charge is 0.327 e. The lowest BCUT2D eigenvalue weighted by Crippen LogP contribution is -2.21. The second-order valence-corrected chi connectivity index (χ2v) is 7.33. The molecule has 0 aliphatic carbocycles. The van der Waals surface area contributed by atoms with Gasteiger partial charge < -0.3 is 5.73 Å². The minimum atomic E-state index is 0.206. The van der Waals surface area contributed by atoms with E-state index in [-0.39, 0.29) is 6.04 Å². The zero-order valence-corrected chi connectivity index (χ0v) is 15.1. The van der Waals surface area contributed by atoms with Gasteiger partial charge in [-0.25, -0.2) is 4.98 Å². The predicted octanol–water partition coefficient (Wildman–Crippen LogP) is 4.89. The highest BCUT2D eigenvalue weighted by molar-refractivity contribution is 9.10. The molecule has 0 spiro atoms. The number of pyridine rings is 1. The van der Waals surface area contributed by atoms with Gasteiger partial charge in [-0.15, -0.1) is 0 Å². The molecule has 2 rings (SSSR count). The standard InChI is InChI=1S/C17H21BrN2S/c1-4-15(19)9-13-5-6-14(18)10-16(13)21-17-8-11(2)7-12(3)20-17/h5-8,10,15H,4,9,19H2,1-3H3. The molecule has 1 atom stereocenters. The SMILES string of the molecule is CCC(N)Cc1ccc(Br)cc1Sc1cc(C)cc(C)n1. The summed E-state index contributed by atoms with van der Waals surface area (Å²) in [5, 5.41) is 1.04. The number of hydrogen-bond acceptors (Lipinski definition) is 3. The van der Waals surface area contributed by atoms with Crippen LogP contribution in [0.25, 0.3) is 0 Å². The Hall–Kier alpha value is -0.840. The molecule has 0 aliphatic heterocycles. The molecule has 0 aliphatic rings. The van der Waals surface area contributed by atoms with Crippen LogP contribution >= 0.6 is 27.7 Å². The summed E-state index contributed by atoms with van der Waals surface area (Å²) < 4.78 is 1.09. The summed E-state index contributed by atoms with van der Waals surface area (Å²) in [4.78, 5) is 5.84. The lowest BCUT2D eigenvalue weighted by Gasteiger charge is -2.14. The van der Waals surface area contributed by atoms with Gasteiger partial charge in [0.1, 0.15) is 5.03 Å². The van der Waals surface area contributed by atoms with E-state index in [1.54, 1.807) is 11.8 Å².